The van der Waals surface area contributed by atoms with Crippen LogP contribution < -0.4 is 5.32 Å². The van der Waals surface area contributed by atoms with E-state index in [-0.39, 0.29) is 11.9 Å². The van der Waals surface area contributed by atoms with Crippen molar-refractivity contribution in [2.75, 3.05) is 52.4 Å². The Morgan fingerprint density at radius 1 is 1.18 bits per heavy atom. The highest BCUT2D eigenvalue weighted by Gasteiger charge is 2.22. The van der Waals surface area contributed by atoms with Crippen molar-refractivity contribution in [1.29, 1.82) is 0 Å². The zero-order chi connectivity index (χ0) is 15.9. The van der Waals surface area contributed by atoms with Crippen molar-refractivity contribution in [3.8, 4) is 0 Å². The van der Waals surface area contributed by atoms with E-state index in [4.69, 9.17) is 0 Å². The van der Waals surface area contributed by atoms with Crippen LogP contribution in [-0.4, -0.2) is 79.0 Å². The molecule has 2 fully saturated rings. The summed E-state index contributed by atoms with van der Waals surface area (Å²) in [5.74, 6) is 0.932. The largest absolute Gasteiger partial charge is 0.343 e. The number of piperazine rings is 1. The first-order chi connectivity index (χ1) is 10.6. The summed E-state index contributed by atoms with van der Waals surface area (Å²) in [7, 11) is 0. The molecule has 2 heterocycles. The molecule has 0 aromatic heterocycles. The van der Waals surface area contributed by atoms with E-state index in [9.17, 15) is 9.59 Å². The number of nitrogens with zero attached hydrogens (tertiary/aromatic N) is 3. The summed E-state index contributed by atoms with van der Waals surface area (Å²) in [6, 6.07) is 0.0388. The Bertz CT molecular complexity index is 378. The molecular weight excluding hydrogens is 280 g/mol. The van der Waals surface area contributed by atoms with Gasteiger partial charge in [-0.05, 0) is 18.8 Å². The van der Waals surface area contributed by atoms with Crippen molar-refractivity contribution in [2.24, 2.45) is 5.92 Å². The third kappa shape index (κ3) is 5.16. The fourth-order valence-electron chi connectivity index (χ4n) is 3.17. The number of hydrogen-bond donors (Lipinski definition) is 1. The lowest BCUT2D eigenvalue weighted by molar-refractivity contribution is -0.127. The average Bonchev–Trinajstić information content (AvgIpc) is 2.89. The molecule has 126 valence electrons. The molecule has 0 aromatic carbocycles. The van der Waals surface area contributed by atoms with E-state index >= 15 is 0 Å². The van der Waals surface area contributed by atoms with E-state index in [0.29, 0.717) is 18.9 Å². The second-order valence-electron chi connectivity index (χ2n) is 6.75. The van der Waals surface area contributed by atoms with Crippen molar-refractivity contribution in [3.05, 3.63) is 0 Å². The number of hydrogen-bond acceptors (Lipinski definition) is 3. The molecule has 2 aliphatic heterocycles. The summed E-state index contributed by atoms with van der Waals surface area (Å²) in [6.45, 7) is 11.4. The molecule has 6 heteroatoms. The summed E-state index contributed by atoms with van der Waals surface area (Å²) >= 11 is 0. The number of amides is 3. The van der Waals surface area contributed by atoms with Crippen molar-refractivity contribution in [3.63, 3.8) is 0 Å². The van der Waals surface area contributed by atoms with Gasteiger partial charge >= 0.3 is 6.03 Å². The van der Waals surface area contributed by atoms with Gasteiger partial charge in [0.2, 0.25) is 5.91 Å². The Hall–Kier alpha value is -1.30. The van der Waals surface area contributed by atoms with Gasteiger partial charge in [-0.15, -0.1) is 0 Å². The smallest absolute Gasteiger partial charge is 0.317 e. The molecule has 0 saturated carbocycles. The van der Waals surface area contributed by atoms with Crippen LogP contribution in [0.25, 0.3) is 0 Å². The minimum atomic E-state index is 0.0388. The van der Waals surface area contributed by atoms with E-state index in [2.05, 4.69) is 24.1 Å². The van der Waals surface area contributed by atoms with Crippen LogP contribution in [0, 0.1) is 5.92 Å². The van der Waals surface area contributed by atoms with Gasteiger partial charge in [-0.3, -0.25) is 9.69 Å². The number of likely N-dealkylation sites (tertiary alicyclic amines) is 1. The molecule has 0 unspecified atom stereocenters. The summed E-state index contributed by atoms with van der Waals surface area (Å²) < 4.78 is 0. The maximum absolute atomic E-state index is 12.1. The molecular formula is C16H30N4O2. The highest BCUT2D eigenvalue weighted by atomic mass is 16.2. The number of nitrogens with one attached hydrogen (secondary N) is 1. The molecule has 2 saturated heterocycles. The van der Waals surface area contributed by atoms with Gasteiger partial charge in [0.25, 0.3) is 0 Å². The molecule has 6 nitrogen and oxygen atoms in total. The molecule has 0 atom stereocenters. The first-order valence-electron chi connectivity index (χ1n) is 8.59. The normalized spacial score (nSPS) is 20.0. The van der Waals surface area contributed by atoms with E-state index in [0.717, 1.165) is 58.7 Å². The molecule has 0 aromatic rings. The van der Waals surface area contributed by atoms with Crippen LogP contribution in [-0.2, 0) is 4.79 Å². The Balaban J connectivity index is 1.57. The lowest BCUT2D eigenvalue weighted by atomic mass is 10.2. The SMILES string of the molecule is CC(C)CN1CCN(C(=O)NCCCN2CCCC2=O)CC1. The number of urea groups is 1. The summed E-state index contributed by atoms with van der Waals surface area (Å²) in [4.78, 5) is 29.8. The van der Waals surface area contributed by atoms with Gasteiger partial charge in [-0.2, -0.15) is 0 Å². The Kier molecular flexibility index (Phi) is 6.49. The Morgan fingerprint density at radius 2 is 1.91 bits per heavy atom. The van der Waals surface area contributed by atoms with E-state index < -0.39 is 0 Å². The third-order valence-corrected chi connectivity index (χ3v) is 4.34. The predicted octanol–water partition coefficient (Wildman–Crippen LogP) is 0.982. The standard InChI is InChI=1S/C16H30N4O2/c1-14(2)13-18-9-11-20(12-10-18)16(22)17-6-4-8-19-7-3-5-15(19)21/h14H,3-13H2,1-2H3,(H,17,22). The van der Waals surface area contributed by atoms with E-state index in [1.54, 1.807) is 0 Å². The van der Waals surface area contributed by atoms with Gasteiger partial charge in [0, 0.05) is 58.8 Å². The highest BCUT2D eigenvalue weighted by molar-refractivity contribution is 5.78. The number of carbonyl (C=O) groups is 2. The molecule has 0 spiro atoms. The quantitative estimate of drug-likeness (QED) is 0.744. The molecule has 0 radical (unpaired) electrons. The topological polar surface area (TPSA) is 55.9 Å². The lowest BCUT2D eigenvalue weighted by Crippen LogP contribution is -2.52. The fraction of sp³-hybridized carbons (Fsp3) is 0.875. The lowest BCUT2D eigenvalue weighted by Gasteiger charge is -2.35. The first-order valence-corrected chi connectivity index (χ1v) is 8.59. The van der Waals surface area contributed by atoms with Crippen LogP contribution >= 0.6 is 0 Å². The third-order valence-electron chi connectivity index (χ3n) is 4.34. The van der Waals surface area contributed by atoms with Gasteiger partial charge in [-0.25, -0.2) is 4.79 Å². The number of carbonyl (C=O) groups excluding carboxylic acids is 2. The minimum Gasteiger partial charge on any atom is -0.343 e. The van der Waals surface area contributed by atoms with Crippen LogP contribution in [0.3, 0.4) is 0 Å². The van der Waals surface area contributed by atoms with Crippen LogP contribution in [0.15, 0.2) is 0 Å². The van der Waals surface area contributed by atoms with Gasteiger partial charge in [-0.1, -0.05) is 13.8 Å². The maximum Gasteiger partial charge on any atom is 0.317 e. The van der Waals surface area contributed by atoms with Gasteiger partial charge in [0.15, 0.2) is 0 Å². The zero-order valence-corrected chi connectivity index (χ0v) is 14.0. The van der Waals surface area contributed by atoms with Crippen LogP contribution in [0.2, 0.25) is 0 Å². The Morgan fingerprint density at radius 3 is 2.50 bits per heavy atom. The Labute approximate surface area is 133 Å². The summed E-state index contributed by atoms with van der Waals surface area (Å²) in [5, 5.41) is 2.98. The van der Waals surface area contributed by atoms with Crippen LogP contribution in [0.4, 0.5) is 4.79 Å². The van der Waals surface area contributed by atoms with Crippen molar-refractivity contribution < 1.29 is 9.59 Å². The first kappa shape index (κ1) is 17.1. The van der Waals surface area contributed by atoms with Gasteiger partial charge < -0.3 is 15.1 Å². The van der Waals surface area contributed by atoms with Gasteiger partial charge in [0.05, 0.1) is 0 Å². The maximum atomic E-state index is 12.1. The fourth-order valence-corrected chi connectivity index (χ4v) is 3.17. The molecule has 0 aliphatic carbocycles. The average molecular weight is 310 g/mol. The summed E-state index contributed by atoms with van der Waals surface area (Å²) in [5.41, 5.74) is 0. The predicted molar refractivity (Wildman–Crippen MR) is 86.7 cm³/mol. The monoisotopic (exact) mass is 310 g/mol. The number of rotatable bonds is 6. The van der Waals surface area contributed by atoms with Crippen molar-refractivity contribution >= 4 is 11.9 Å². The minimum absolute atomic E-state index is 0.0388. The second kappa shape index (κ2) is 8.36. The van der Waals surface area contributed by atoms with Crippen molar-refractivity contribution in [2.45, 2.75) is 33.1 Å². The summed E-state index contributed by atoms with van der Waals surface area (Å²) in [6.07, 6.45) is 2.50. The van der Waals surface area contributed by atoms with Gasteiger partial charge in [0.1, 0.15) is 0 Å². The van der Waals surface area contributed by atoms with Crippen molar-refractivity contribution in [1.82, 2.24) is 20.0 Å². The second-order valence-corrected chi connectivity index (χ2v) is 6.75. The molecule has 3 amide bonds. The molecule has 0 bridgehead atoms. The highest BCUT2D eigenvalue weighted by Crippen LogP contribution is 2.09. The molecule has 1 N–H and O–H groups in total. The van der Waals surface area contributed by atoms with E-state index in [1.165, 1.54) is 0 Å². The molecule has 2 rings (SSSR count). The van der Waals surface area contributed by atoms with Crippen LogP contribution in [0.1, 0.15) is 33.1 Å². The molecule has 2 aliphatic rings. The van der Waals surface area contributed by atoms with Crippen LogP contribution in [0.5, 0.6) is 0 Å². The zero-order valence-electron chi connectivity index (χ0n) is 14.0. The molecule has 22 heavy (non-hydrogen) atoms. The van der Waals surface area contributed by atoms with E-state index in [1.807, 2.05) is 9.80 Å².